The second kappa shape index (κ2) is 2.58. The van der Waals surface area contributed by atoms with Gasteiger partial charge in [-0.1, -0.05) is 0 Å². The van der Waals surface area contributed by atoms with Gasteiger partial charge >= 0.3 is 11.9 Å². The van der Waals surface area contributed by atoms with Crippen molar-refractivity contribution in [1.82, 2.24) is 0 Å². The van der Waals surface area contributed by atoms with Crippen LogP contribution in [-0.4, -0.2) is 24.6 Å². The van der Waals surface area contributed by atoms with Crippen LogP contribution in [0, 0.1) is 0 Å². The normalized spacial score (nSPS) is 23.5. The second-order valence-electron chi connectivity index (χ2n) is 3.32. The summed E-state index contributed by atoms with van der Waals surface area (Å²) in [6, 6.07) is 0. The fourth-order valence-corrected chi connectivity index (χ4v) is 1.75. The summed E-state index contributed by atoms with van der Waals surface area (Å²) in [7, 11) is 1.30. The minimum Gasteiger partial charge on any atom is -0.466 e. The molecular weight excluding hydrogens is 172 g/mol. The first-order valence-electron chi connectivity index (χ1n) is 4.21. The molecule has 1 fully saturated rings. The summed E-state index contributed by atoms with van der Waals surface area (Å²) in [5, 5.41) is 0. The molecule has 1 aliphatic heterocycles. The Kier molecular flexibility index (Phi) is 1.65. The minimum absolute atomic E-state index is 0.381. The summed E-state index contributed by atoms with van der Waals surface area (Å²) in [5.41, 5.74) is -0.254. The molecule has 1 spiro atoms. The van der Waals surface area contributed by atoms with E-state index in [0.29, 0.717) is 5.57 Å². The molecule has 2 aliphatic rings. The van der Waals surface area contributed by atoms with Crippen LogP contribution in [0.4, 0.5) is 0 Å². The Labute approximate surface area is 75.5 Å². The Morgan fingerprint density at radius 3 is 2.77 bits per heavy atom. The van der Waals surface area contributed by atoms with Crippen molar-refractivity contribution < 1.29 is 19.1 Å². The maximum atomic E-state index is 11.2. The summed E-state index contributed by atoms with van der Waals surface area (Å²) < 4.78 is 9.66. The fraction of sp³-hybridized carbons (Fsp3) is 0.556. The van der Waals surface area contributed by atoms with Crippen molar-refractivity contribution in [3.63, 3.8) is 0 Å². The van der Waals surface area contributed by atoms with E-state index in [0.717, 1.165) is 19.3 Å². The number of carbonyl (C=O) groups excluding carboxylic acids is 2. The molecule has 1 aliphatic carbocycles. The molecule has 0 radical (unpaired) electrons. The van der Waals surface area contributed by atoms with Crippen molar-refractivity contribution in [3.05, 3.63) is 11.6 Å². The van der Waals surface area contributed by atoms with E-state index in [-0.39, 0.29) is 0 Å². The molecule has 0 atom stereocenters. The van der Waals surface area contributed by atoms with Gasteiger partial charge in [-0.05, 0) is 19.3 Å². The van der Waals surface area contributed by atoms with Gasteiger partial charge < -0.3 is 9.47 Å². The first kappa shape index (κ1) is 8.29. The third-order valence-electron chi connectivity index (χ3n) is 2.62. The van der Waals surface area contributed by atoms with Gasteiger partial charge in [-0.2, -0.15) is 0 Å². The predicted molar refractivity (Wildman–Crippen MR) is 42.8 cm³/mol. The molecule has 0 aromatic heterocycles. The molecule has 1 saturated carbocycles. The van der Waals surface area contributed by atoms with Crippen LogP contribution in [0.1, 0.15) is 19.3 Å². The summed E-state index contributed by atoms with van der Waals surface area (Å²) in [5.74, 6) is -0.884. The molecule has 4 heteroatoms. The van der Waals surface area contributed by atoms with E-state index in [4.69, 9.17) is 4.74 Å². The second-order valence-corrected chi connectivity index (χ2v) is 3.32. The smallest absolute Gasteiger partial charge is 0.338 e. The number of ether oxygens (including phenoxy) is 2. The summed E-state index contributed by atoms with van der Waals surface area (Å²) >= 11 is 0. The van der Waals surface area contributed by atoms with Gasteiger partial charge in [-0.3, -0.25) is 0 Å². The van der Waals surface area contributed by atoms with E-state index in [9.17, 15) is 9.59 Å². The molecule has 70 valence electrons. The van der Waals surface area contributed by atoms with Crippen molar-refractivity contribution in [2.24, 2.45) is 0 Å². The lowest BCUT2D eigenvalue weighted by atomic mass is 9.75. The van der Waals surface area contributed by atoms with Gasteiger partial charge in [0, 0.05) is 6.08 Å². The van der Waals surface area contributed by atoms with Crippen LogP contribution < -0.4 is 0 Å². The number of carbonyl (C=O) groups is 2. The lowest BCUT2D eigenvalue weighted by Gasteiger charge is -2.37. The SMILES string of the molecule is COC(=O)C1=CC(=O)OC12CCC2. The molecule has 1 heterocycles. The van der Waals surface area contributed by atoms with E-state index in [2.05, 4.69) is 4.74 Å². The maximum Gasteiger partial charge on any atom is 0.338 e. The molecule has 4 nitrogen and oxygen atoms in total. The Balaban J connectivity index is 2.28. The maximum absolute atomic E-state index is 11.2. The van der Waals surface area contributed by atoms with Crippen molar-refractivity contribution in [2.45, 2.75) is 24.9 Å². The van der Waals surface area contributed by atoms with Crippen LogP contribution in [0.25, 0.3) is 0 Å². The Morgan fingerprint density at radius 2 is 2.31 bits per heavy atom. The number of esters is 2. The predicted octanol–water partition coefficient (Wildman–Crippen LogP) is 0.565. The zero-order valence-corrected chi connectivity index (χ0v) is 7.33. The first-order chi connectivity index (χ1) is 6.18. The van der Waals surface area contributed by atoms with Crippen LogP contribution in [0.5, 0.6) is 0 Å². The number of rotatable bonds is 1. The van der Waals surface area contributed by atoms with Gasteiger partial charge in [0.15, 0.2) is 0 Å². The van der Waals surface area contributed by atoms with Crippen molar-refractivity contribution in [3.8, 4) is 0 Å². The van der Waals surface area contributed by atoms with Gasteiger partial charge in [0.05, 0.1) is 12.7 Å². The molecule has 0 bridgehead atoms. The highest BCUT2D eigenvalue weighted by Gasteiger charge is 2.51. The first-order valence-corrected chi connectivity index (χ1v) is 4.21. The van der Waals surface area contributed by atoms with Gasteiger partial charge in [-0.15, -0.1) is 0 Å². The molecule has 2 rings (SSSR count). The van der Waals surface area contributed by atoms with Gasteiger partial charge in [0.2, 0.25) is 0 Å². The van der Waals surface area contributed by atoms with E-state index in [1.165, 1.54) is 13.2 Å². The average Bonchev–Trinajstić information content (AvgIpc) is 2.41. The molecule has 0 aromatic carbocycles. The lowest BCUT2D eigenvalue weighted by molar-refractivity contribution is -0.154. The Morgan fingerprint density at radius 1 is 1.62 bits per heavy atom. The van der Waals surface area contributed by atoms with Crippen LogP contribution >= 0.6 is 0 Å². The molecule has 13 heavy (non-hydrogen) atoms. The third kappa shape index (κ3) is 1.05. The van der Waals surface area contributed by atoms with Crippen LogP contribution in [0.15, 0.2) is 11.6 Å². The highest BCUT2D eigenvalue weighted by atomic mass is 16.6. The molecule has 0 aromatic rings. The van der Waals surface area contributed by atoms with Crippen molar-refractivity contribution in [2.75, 3.05) is 7.11 Å². The topological polar surface area (TPSA) is 52.6 Å². The largest absolute Gasteiger partial charge is 0.466 e. The quantitative estimate of drug-likeness (QED) is 0.556. The third-order valence-corrected chi connectivity index (χ3v) is 2.62. The van der Waals surface area contributed by atoms with Crippen molar-refractivity contribution >= 4 is 11.9 Å². The molecule has 0 amide bonds. The summed E-state index contributed by atoms with van der Waals surface area (Å²) in [4.78, 5) is 22.2. The molecule has 0 N–H and O–H groups in total. The highest BCUT2D eigenvalue weighted by Crippen LogP contribution is 2.45. The van der Waals surface area contributed by atoms with Crippen LogP contribution in [-0.2, 0) is 19.1 Å². The molecule has 0 unspecified atom stereocenters. The van der Waals surface area contributed by atoms with E-state index in [1.807, 2.05) is 0 Å². The Hall–Kier alpha value is -1.32. The van der Waals surface area contributed by atoms with Gasteiger partial charge in [-0.25, -0.2) is 9.59 Å². The fourth-order valence-electron chi connectivity index (χ4n) is 1.75. The number of hydrogen-bond acceptors (Lipinski definition) is 4. The summed E-state index contributed by atoms with van der Waals surface area (Å²) in [6.07, 6.45) is 3.70. The van der Waals surface area contributed by atoms with E-state index < -0.39 is 17.5 Å². The monoisotopic (exact) mass is 182 g/mol. The van der Waals surface area contributed by atoms with Crippen LogP contribution in [0.2, 0.25) is 0 Å². The van der Waals surface area contributed by atoms with Gasteiger partial charge in [0.1, 0.15) is 5.60 Å². The zero-order valence-electron chi connectivity index (χ0n) is 7.33. The standard InChI is InChI=1S/C9H10O4/c1-12-8(11)6-5-7(10)13-9(6)3-2-4-9/h5H,2-4H2,1H3. The number of methoxy groups -OCH3 is 1. The lowest BCUT2D eigenvalue weighted by Crippen LogP contribution is -2.42. The van der Waals surface area contributed by atoms with Gasteiger partial charge in [0.25, 0.3) is 0 Å². The van der Waals surface area contributed by atoms with E-state index >= 15 is 0 Å². The molecule has 0 saturated heterocycles. The average molecular weight is 182 g/mol. The van der Waals surface area contributed by atoms with E-state index in [1.54, 1.807) is 0 Å². The zero-order chi connectivity index (χ0) is 9.47. The molecular formula is C9H10O4. The highest BCUT2D eigenvalue weighted by molar-refractivity contribution is 6.01. The Bertz CT molecular complexity index is 299. The number of hydrogen-bond donors (Lipinski definition) is 0. The minimum atomic E-state index is -0.635. The van der Waals surface area contributed by atoms with Crippen LogP contribution in [0.3, 0.4) is 0 Å². The summed E-state index contributed by atoms with van der Waals surface area (Å²) in [6.45, 7) is 0. The van der Waals surface area contributed by atoms with Crippen molar-refractivity contribution in [1.29, 1.82) is 0 Å².